The van der Waals surface area contributed by atoms with E-state index in [1.807, 2.05) is 0 Å². The molecule has 0 fully saturated rings. The van der Waals surface area contributed by atoms with E-state index in [0.29, 0.717) is 5.75 Å². The molecule has 0 saturated heterocycles. The normalized spacial score (nSPS) is 11.6. The Hall–Kier alpha value is -1.04. The molecule has 1 nitrogen and oxygen atoms in total. The molecule has 0 spiro atoms. The topological polar surface area (TPSA) is 17.1 Å². The first kappa shape index (κ1) is 14.0. The predicted octanol–water partition coefficient (Wildman–Crippen LogP) is 4.16. The van der Waals surface area contributed by atoms with Crippen molar-refractivity contribution in [1.82, 2.24) is 0 Å². The van der Waals surface area contributed by atoms with E-state index < -0.39 is 28.2 Å². The highest BCUT2D eigenvalue weighted by Crippen LogP contribution is 2.39. The molecule has 0 aliphatic carbocycles. The number of carbonyl (C=O) groups is 1. The van der Waals surface area contributed by atoms with Crippen molar-refractivity contribution in [3.8, 4) is 0 Å². The van der Waals surface area contributed by atoms with Crippen molar-refractivity contribution in [2.45, 2.75) is 24.9 Å². The number of hydrogen-bond donors (Lipinski definition) is 0. The zero-order chi connectivity index (χ0) is 13.2. The number of ketones is 1. The molecule has 0 aromatic heterocycles. The van der Waals surface area contributed by atoms with Crippen LogP contribution in [0.15, 0.2) is 17.0 Å². The molecule has 0 atom stereocenters. The van der Waals surface area contributed by atoms with Gasteiger partial charge in [0.2, 0.25) is 0 Å². The summed E-state index contributed by atoms with van der Waals surface area (Å²) in [5, 5.41) is 0. The van der Waals surface area contributed by atoms with Gasteiger partial charge in [-0.2, -0.15) is 13.2 Å². The minimum Gasteiger partial charge on any atom is -0.294 e. The van der Waals surface area contributed by atoms with Crippen molar-refractivity contribution in [2.24, 2.45) is 0 Å². The lowest BCUT2D eigenvalue weighted by Gasteiger charge is -2.14. The Kier molecular flexibility index (Phi) is 4.19. The van der Waals surface area contributed by atoms with Crippen LogP contribution < -0.4 is 0 Å². The van der Waals surface area contributed by atoms with E-state index in [4.69, 9.17) is 0 Å². The van der Waals surface area contributed by atoms with Crippen molar-refractivity contribution in [3.63, 3.8) is 0 Å². The smallest absolute Gasteiger partial charge is 0.294 e. The van der Waals surface area contributed by atoms with Crippen LogP contribution in [0.3, 0.4) is 0 Å². The lowest BCUT2D eigenvalue weighted by Crippen LogP contribution is -2.11. The molecule has 0 aliphatic heterocycles. The Bertz CT molecular complexity index is 440. The molecular weight excluding hydrogens is 256 g/mol. The average Bonchev–Trinajstić information content (AvgIpc) is 2.18. The molecule has 1 aromatic rings. The quantitative estimate of drug-likeness (QED) is 0.464. The van der Waals surface area contributed by atoms with Gasteiger partial charge in [0.25, 0.3) is 0 Å². The van der Waals surface area contributed by atoms with E-state index >= 15 is 0 Å². The molecule has 17 heavy (non-hydrogen) atoms. The van der Waals surface area contributed by atoms with Gasteiger partial charge >= 0.3 is 6.18 Å². The third kappa shape index (κ3) is 3.00. The second kappa shape index (κ2) is 5.08. The fourth-order valence-corrected chi connectivity index (χ4v) is 2.20. The second-order valence-corrected chi connectivity index (χ2v) is 4.57. The summed E-state index contributed by atoms with van der Waals surface area (Å²) in [5.74, 6) is -1.38. The van der Waals surface area contributed by atoms with Crippen LogP contribution in [0.2, 0.25) is 0 Å². The average molecular weight is 266 g/mol. The first-order chi connectivity index (χ1) is 7.79. The van der Waals surface area contributed by atoms with Crippen LogP contribution in [0.1, 0.15) is 29.8 Å². The number of halogens is 4. The van der Waals surface area contributed by atoms with Gasteiger partial charge in [-0.15, -0.1) is 11.8 Å². The van der Waals surface area contributed by atoms with Crippen LogP contribution in [-0.2, 0) is 6.18 Å². The highest BCUT2D eigenvalue weighted by molar-refractivity contribution is 7.99. The van der Waals surface area contributed by atoms with Crippen LogP contribution in [0, 0.1) is 5.82 Å². The number of hydrogen-bond acceptors (Lipinski definition) is 2. The van der Waals surface area contributed by atoms with Gasteiger partial charge in [-0.1, -0.05) is 6.92 Å². The van der Waals surface area contributed by atoms with E-state index in [-0.39, 0.29) is 5.56 Å². The third-order valence-corrected chi connectivity index (χ3v) is 3.05. The molecule has 0 saturated carbocycles. The Morgan fingerprint density at radius 1 is 1.35 bits per heavy atom. The summed E-state index contributed by atoms with van der Waals surface area (Å²) in [7, 11) is 0. The fraction of sp³-hybridized carbons (Fsp3) is 0.364. The maximum Gasteiger partial charge on any atom is 0.417 e. The Morgan fingerprint density at radius 2 is 1.94 bits per heavy atom. The van der Waals surface area contributed by atoms with Crippen molar-refractivity contribution in [3.05, 3.63) is 29.1 Å². The zero-order valence-corrected chi connectivity index (χ0v) is 10.0. The van der Waals surface area contributed by atoms with E-state index in [1.54, 1.807) is 6.92 Å². The minimum absolute atomic E-state index is 0.293. The number of benzene rings is 1. The molecule has 0 N–H and O–H groups in total. The SMILES string of the molecule is CCSc1c(C(F)(F)F)ccc(C(C)=O)c1F. The molecule has 6 heteroatoms. The molecule has 1 aromatic carbocycles. The Balaban J connectivity index is 3.45. The Morgan fingerprint density at radius 3 is 2.35 bits per heavy atom. The van der Waals surface area contributed by atoms with E-state index in [9.17, 15) is 22.4 Å². The summed E-state index contributed by atoms with van der Waals surface area (Å²) in [6, 6.07) is 1.62. The molecule has 0 amide bonds. The summed E-state index contributed by atoms with van der Waals surface area (Å²) in [6.45, 7) is 2.73. The summed E-state index contributed by atoms with van der Waals surface area (Å²) >= 11 is 0.740. The molecule has 94 valence electrons. The molecular formula is C11H10F4OS. The lowest BCUT2D eigenvalue weighted by atomic mass is 10.1. The lowest BCUT2D eigenvalue weighted by molar-refractivity contribution is -0.140. The van der Waals surface area contributed by atoms with Crippen molar-refractivity contribution in [2.75, 3.05) is 5.75 Å². The monoisotopic (exact) mass is 266 g/mol. The summed E-state index contributed by atoms with van der Waals surface area (Å²) in [5.41, 5.74) is -1.35. The van der Waals surface area contributed by atoms with Gasteiger partial charge in [0, 0.05) is 0 Å². The van der Waals surface area contributed by atoms with Gasteiger partial charge in [-0.05, 0) is 24.8 Å². The summed E-state index contributed by atoms with van der Waals surface area (Å²) in [4.78, 5) is 10.5. The molecule has 0 radical (unpaired) electrons. The first-order valence-corrected chi connectivity index (χ1v) is 5.81. The van der Waals surface area contributed by atoms with Gasteiger partial charge in [0.05, 0.1) is 16.0 Å². The summed E-state index contributed by atoms with van der Waals surface area (Å²) in [6.07, 6.45) is -4.62. The number of rotatable bonds is 3. The fourth-order valence-electron chi connectivity index (χ4n) is 1.34. The Labute approximate surface area is 100 Å². The van der Waals surface area contributed by atoms with Gasteiger partial charge in [0.1, 0.15) is 5.82 Å². The van der Waals surface area contributed by atoms with E-state index in [2.05, 4.69) is 0 Å². The maximum atomic E-state index is 13.8. The highest BCUT2D eigenvalue weighted by Gasteiger charge is 2.35. The van der Waals surface area contributed by atoms with Crippen LogP contribution >= 0.6 is 11.8 Å². The van der Waals surface area contributed by atoms with E-state index in [0.717, 1.165) is 30.8 Å². The van der Waals surface area contributed by atoms with Crippen LogP contribution in [0.4, 0.5) is 17.6 Å². The number of thioether (sulfide) groups is 1. The molecule has 0 bridgehead atoms. The van der Waals surface area contributed by atoms with Gasteiger partial charge in [-0.3, -0.25) is 4.79 Å². The largest absolute Gasteiger partial charge is 0.417 e. The highest BCUT2D eigenvalue weighted by atomic mass is 32.2. The van der Waals surface area contributed by atoms with Gasteiger partial charge in [0.15, 0.2) is 5.78 Å². The molecule has 0 unspecified atom stereocenters. The standard InChI is InChI=1S/C11H10F4OS/c1-3-17-10-8(11(13,14)15)5-4-7(6(2)16)9(10)12/h4-5H,3H2,1-2H3. The van der Waals surface area contributed by atoms with Crippen molar-refractivity contribution in [1.29, 1.82) is 0 Å². The number of alkyl halides is 3. The summed E-state index contributed by atoms with van der Waals surface area (Å²) < 4.78 is 51.6. The van der Waals surface area contributed by atoms with E-state index in [1.165, 1.54) is 0 Å². The number of Topliss-reactive ketones (excluding diaryl/α,β-unsaturated/α-hetero) is 1. The second-order valence-electron chi connectivity index (χ2n) is 3.29. The van der Waals surface area contributed by atoms with Crippen LogP contribution in [-0.4, -0.2) is 11.5 Å². The van der Waals surface area contributed by atoms with Gasteiger partial charge in [-0.25, -0.2) is 4.39 Å². The maximum absolute atomic E-state index is 13.8. The molecule has 1 rings (SSSR count). The van der Waals surface area contributed by atoms with Crippen molar-refractivity contribution >= 4 is 17.5 Å². The minimum atomic E-state index is -4.62. The van der Waals surface area contributed by atoms with Gasteiger partial charge < -0.3 is 0 Å². The zero-order valence-electron chi connectivity index (χ0n) is 9.19. The first-order valence-electron chi connectivity index (χ1n) is 4.82. The molecule has 0 heterocycles. The predicted molar refractivity (Wildman–Crippen MR) is 57.8 cm³/mol. The van der Waals surface area contributed by atoms with Crippen LogP contribution in [0.5, 0.6) is 0 Å². The third-order valence-electron chi connectivity index (χ3n) is 2.07. The molecule has 0 aliphatic rings. The number of carbonyl (C=O) groups excluding carboxylic acids is 1. The van der Waals surface area contributed by atoms with Crippen molar-refractivity contribution < 1.29 is 22.4 Å². The van der Waals surface area contributed by atoms with Crippen LogP contribution in [0.25, 0.3) is 0 Å².